The third-order valence-corrected chi connectivity index (χ3v) is 4.24. The molecule has 0 spiro atoms. The number of rotatable bonds is 4. The van der Waals surface area contributed by atoms with Crippen molar-refractivity contribution in [2.24, 2.45) is 0 Å². The molecule has 1 aliphatic rings. The molecule has 1 saturated carbocycles. The molecule has 2 aromatic carbocycles. The number of amides is 1. The summed E-state index contributed by atoms with van der Waals surface area (Å²) in [4.78, 5) is 18.0. The third kappa shape index (κ3) is 2.50. The summed E-state index contributed by atoms with van der Waals surface area (Å²) in [6, 6.07) is 18.4. The average Bonchev–Trinajstić information content (AvgIpc) is 3.30. The molecule has 0 radical (unpaired) electrons. The predicted molar refractivity (Wildman–Crippen MR) is 87.6 cm³/mol. The number of hydrogen-bond acceptors (Lipinski definition) is 1. The summed E-state index contributed by atoms with van der Waals surface area (Å²) >= 11 is 0. The van der Waals surface area contributed by atoms with Crippen molar-refractivity contribution in [2.45, 2.75) is 25.4 Å². The molecule has 22 heavy (non-hydrogen) atoms. The highest BCUT2D eigenvalue weighted by atomic mass is 16.2. The van der Waals surface area contributed by atoms with E-state index >= 15 is 0 Å². The van der Waals surface area contributed by atoms with E-state index in [4.69, 9.17) is 0 Å². The summed E-state index contributed by atoms with van der Waals surface area (Å²) in [6.07, 6.45) is 4.18. The Balaban J connectivity index is 1.61. The van der Waals surface area contributed by atoms with Crippen molar-refractivity contribution < 1.29 is 4.79 Å². The minimum atomic E-state index is 0.136. The Morgan fingerprint density at radius 2 is 1.91 bits per heavy atom. The molecule has 0 atom stereocenters. The fraction of sp³-hybridized carbons (Fsp3) is 0.211. The Hall–Kier alpha value is -2.55. The molecule has 0 bridgehead atoms. The van der Waals surface area contributed by atoms with E-state index < -0.39 is 0 Å². The molecule has 1 amide bonds. The summed E-state index contributed by atoms with van der Waals surface area (Å²) < 4.78 is 0. The zero-order chi connectivity index (χ0) is 14.9. The molecule has 1 aliphatic carbocycles. The van der Waals surface area contributed by atoms with Gasteiger partial charge >= 0.3 is 0 Å². The maximum Gasteiger partial charge on any atom is 0.254 e. The monoisotopic (exact) mass is 290 g/mol. The van der Waals surface area contributed by atoms with Crippen LogP contribution in [0.25, 0.3) is 10.9 Å². The lowest BCUT2D eigenvalue weighted by Gasteiger charge is -2.22. The largest absolute Gasteiger partial charge is 0.361 e. The fourth-order valence-corrected chi connectivity index (χ4v) is 2.90. The number of carbonyl (C=O) groups excluding carboxylic acids is 1. The summed E-state index contributed by atoms with van der Waals surface area (Å²) in [5.41, 5.74) is 3.09. The van der Waals surface area contributed by atoms with Gasteiger partial charge in [-0.25, -0.2) is 0 Å². The maximum absolute atomic E-state index is 12.8. The van der Waals surface area contributed by atoms with Crippen LogP contribution in [-0.4, -0.2) is 21.8 Å². The number of nitrogens with zero attached hydrogens (tertiary/aromatic N) is 1. The van der Waals surface area contributed by atoms with E-state index in [0.717, 1.165) is 23.9 Å². The van der Waals surface area contributed by atoms with Gasteiger partial charge in [-0.1, -0.05) is 24.3 Å². The fourth-order valence-electron chi connectivity index (χ4n) is 2.90. The van der Waals surface area contributed by atoms with Crippen molar-refractivity contribution in [1.82, 2.24) is 9.88 Å². The number of H-pyrrole nitrogens is 1. The SMILES string of the molecule is O=C(c1ccccc1)N(Cc1ccc2[nH]ccc2c1)C1CC1. The lowest BCUT2D eigenvalue weighted by Crippen LogP contribution is -2.32. The van der Waals surface area contributed by atoms with Crippen molar-refractivity contribution in [3.63, 3.8) is 0 Å². The summed E-state index contributed by atoms with van der Waals surface area (Å²) in [7, 11) is 0. The van der Waals surface area contributed by atoms with E-state index in [2.05, 4.69) is 29.2 Å². The zero-order valence-electron chi connectivity index (χ0n) is 12.3. The number of fused-ring (bicyclic) bond motifs is 1. The van der Waals surface area contributed by atoms with Gasteiger partial charge in [0.15, 0.2) is 0 Å². The predicted octanol–water partition coefficient (Wildman–Crippen LogP) is 3.97. The number of hydrogen-bond donors (Lipinski definition) is 1. The van der Waals surface area contributed by atoms with Crippen LogP contribution in [0, 0.1) is 0 Å². The first-order valence-corrected chi connectivity index (χ1v) is 7.73. The molecule has 1 aromatic heterocycles. The van der Waals surface area contributed by atoms with Crippen molar-refractivity contribution >= 4 is 16.8 Å². The van der Waals surface area contributed by atoms with E-state index in [1.54, 1.807) is 0 Å². The Bertz CT molecular complexity index is 802. The van der Waals surface area contributed by atoms with Crippen LogP contribution in [-0.2, 0) is 6.54 Å². The van der Waals surface area contributed by atoms with Gasteiger partial charge in [0.05, 0.1) is 0 Å². The molecule has 1 N–H and O–H groups in total. The first-order chi connectivity index (χ1) is 10.8. The van der Waals surface area contributed by atoms with Crippen LogP contribution in [0.3, 0.4) is 0 Å². The normalized spacial score (nSPS) is 14.2. The maximum atomic E-state index is 12.8. The molecule has 0 aliphatic heterocycles. The molecule has 0 saturated heterocycles. The minimum Gasteiger partial charge on any atom is -0.361 e. The second-order valence-electron chi connectivity index (χ2n) is 5.93. The van der Waals surface area contributed by atoms with Gasteiger partial charge in [-0.05, 0) is 54.1 Å². The first-order valence-electron chi connectivity index (χ1n) is 7.73. The van der Waals surface area contributed by atoms with Gasteiger partial charge in [-0.2, -0.15) is 0 Å². The molecule has 3 aromatic rings. The molecule has 3 nitrogen and oxygen atoms in total. The Morgan fingerprint density at radius 3 is 2.68 bits per heavy atom. The zero-order valence-corrected chi connectivity index (χ0v) is 12.3. The van der Waals surface area contributed by atoms with Crippen molar-refractivity contribution in [3.8, 4) is 0 Å². The van der Waals surface area contributed by atoms with E-state index in [-0.39, 0.29) is 5.91 Å². The number of benzene rings is 2. The van der Waals surface area contributed by atoms with Crippen LogP contribution in [0.15, 0.2) is 60.8 Å². The lowest BCUT2D eigenvalue weighted by atomic mass is 10.1. The molecule has 1 fully saturated rings. The topological polar surface area (TPSA) is 36.1 Å². The summed E-state index contributed by atoms with van der Waals surface area (Å²) in [5, 5.41) is 1.19. The first kappa shape index (κ1) is 13.1. The Morgan fingerprint density at radius 1 is 1.09 bits per heavy atom. The molecule has 110 valence electrons. The van der Waals surface area contributed by atoms with Crippen molar-refractivity contribution in [1.29, 1.82) is 0 Å². The van der Waals surface area contributed by atoms with Crippen LogP contribution in [0.5, 0.6) is 0 Å². The highest BCUT2D eigenvalue weighted by Gasteiger charge is 2.32. The van der Waals surface area contributed by atoms with Crippen LogP contribution >= 0.6 is 0 Å². The van der Waals surface area contributed by atoms with Crippen molar-refractivity contribution in [3.05, 3.63) is 71.9 Å². The smallest absolute Gasteiger partial charge is 0.254 e. The molecule has 1 heterocycles. The van der Waals surface area contributed by atoms with Gasteiger partial charge in [0, 0.05) is 29.9 Å². The lowest BCUT2D eigenvalue weighted by molar-refractivity contribution is 0.0730. The minimum absolute atomic E-state index is 0.136. The Labute approximate surface area is 129 Å². The summed E-state index contributed by atoms with van der Waals surface area (Å²) in [5.74, 6) is 0.136. The second kappa shape index (κ2) is 5.34. The van der Waals surface area contributed by atoms with Crippen LogP contribution < -0.4 is 0 Å². The number of nitrogens with one attached hydrogen (secondary N) is 1. The van der Waals surface area contributed by atoms with E-state index in [9.17, 15) is 4.79 Å². The molecular weight excluding hydrogens is 272 g/mol. The second-order valence-corrected chi connectivity index (χ2v) is 5.93. The standard InChI is InChI=1S/C19H18N2O/c22-19(15-4-2-1-3-5-15)21(17-7-8-17)13-14-6-9-18-16(12-14)10-11-20-18/h1-6,9-12,17,20H,7-8,13H2. The van der Waals surface area contributed by atoms with Gasteiger partial charge in [-0.15, -0.1) is 0 Å². The highest BCUT2D eigenvalue weighted by Crippen LogP contribution is 2.30. The third-order valence-electron chi connectivity index (χ3n) is 4.24. The van der Waals surface area contributed by atoms with Crippen LogP contribution in [0.2, 0.25) is 0 Å². The number of aromatic amines is 1. The van der Waals surface area contributed by atoms with Gasteiger partial charge in [0.25, 0.3) is 5.91 Å². The molecule has 4 rings (SSSR count). The molecular formula is C19H18N2O. The Kier molecular flexibility index (Phi) is 3.19. The van der Waals surface area contributed by atoms with Gasteiger partial charge in [0.2, 0.25) is 0 Å². The molecule has 3 heteroatoms. The number of carbonyl (C=O) groups is 1. The van der Waals surface area contributed by atoms with E-state index in [1.165, 1.54) is 10.9 Å². The van der Waals surface area contributed by atoms with Gasteiger partial charge < -0.3 is 9.88 Å². The van der Waals surface area contributed by atoms with Crippen LogP contribution in [0.1, 0.15) is 28.8 Å². The number of aromatic nitrogens is 1. The molecule has 0 unspecified atom stereocenters. The average molecular weight is 290 g/mol. The van der Waals surface area contributed by atoms with E-state index in [0.29, 0.717) is 12.6 Å². The van der Waals surface area contributed by atoms with Crippen molar-refractivity contribution in [2.75, 3.05) is 0 Å². The van der Waals surface area contributed by atoms with Gasteiger partial charge in [-0.3, -0.25) is 4.79 Å². The van der Waals surface area contributed by atoms with Gasteiger partial charge in [0.1, 0.15) is 0 Å². The quantitative estimate of drug-likeness (QED) is 0.775. The summed E-state index contributed by atoms with van der Waals surface area (Å²) in [6.45, 7) is 0.680. The van der Waals surface area contributed by atoms with Crippen LogP contribution in [0.4, 0.5) is 0 Å². The highest BCUT2D eigenvalue weighted by molar-refractivity contribution is 5.94. The van der Waals surface area contributed by atoms with E-state index in [1.807, 2.05) is 41.4 Å².